The Kier molecular flexibility index (Phi) is 4.05. The number of nitrogens with one attached hydrogen (secondary N) is 1. The number of ether oxygens (including phenoxy) is 2. The Morgan fingerprint density at radius 3 is 2.67 bits per heavy atom. The molecule has 1 aromatic carbocycles. The van der Waals surface area contributed by atoms with Gasteiger partial charge in [0.1, 0.15) is 0 Å². The van der Waals surface area contributed by atoms with Crippen LogP contribution in [0, 0.1) is 5.92 Å². The third kappa shape index (κ3) is 2.86. The molecule has 2 aliphatic heterocycles. The molecule has 0 saturated carbocycles. The van der Waals surface area contributed by atoms with Crippen molar-refractivity contribution in [3.8, 4) is 11.5 Å². The van der Waals surface area contributed by atoms with Gasteiger partial charge >= 0.3 is 0 Å². The van der Waals surface area contributed by atoms with E-state index in [4.69, 9.17) is 9.47 Å². The molecule has 7 heteroatoms. The largest absolute Gasteiger partial charge is 0.454 e. The van der Waals surface area contributed by atoms with Crippen LogP contribution in [0.1, 0.15) is 12.8 Å². The van der Waals surface area contributed by atoms with Gasteiger partial charge in [0.25, 0.3) is 0 Å². The van der Waals surface area contributed by atoms with Gasteiger partial charge in [0.15, 0.2) is 11.5 Å². The van der Waals surface area contributed by atoms with E-state index in [0.717, 1.165) is 19.4 Å². The smallest absolute Gasteiger partial charge is 0.243 e. The summed E-state index contributed by atoms with van der Waals surface area (Å²) in [5.41, 5.74) is 0. The summed E-state index contributed by atoms with van der Waals surface area (Å²) >= 11 is 0. The van der Waals surface area contributed by atoms with Crippen LogP contribution < -0.4 is 14.8 Å². The van der Waals surface area contributed by atoms with Gasteiger partial charge in [-0.1, -0.05) is 0 Å². The van der Waals surface area contributed by atoms with E-state index in [-0.39, 0.29) is 11.7 Å². The van der Waals surface area contributed by atoms with Crippen LogP contribution in [0.15, 0.2) is 23.1 Å². The highest BCUT2D eigenvalue weighted by Crippen LogP contribution is 2.35. The zero-order valence-corrected chi connectivity index (χ0v) is 12.9. The fourth-order valence-electron chi connectivity index (χ4n) is 2.83. The fourth-order valence-corrected chi connectivity index (χ4v) is 4.31. The molecule has 1 N–H and O–H groups in total. The summed E-state index contributed by atoms with van der Waals surface area (Å²) in [5.74, 6) is 1.65. The van der Waals surface area contributed by atoms with Crippen molar-refractivity contribution in [2.24, 2.45) is 5.92 Å². The van der Waals surface area contributed by atoms with Crippen molar-refractivity contribution >= 4 is 10.0 Å². The van der Waals surface area contributed by atoms with Crippen LogP contribution in [-0.2, 0) is 10.0 Å². The normalized spacial score (nSPS) is 19.9. The van der Waals surface area contributed by atoms with E-state index in [1.54, 1.807) is 22.5 Å². The number of benzene rings is 1. The lowest BCUT2D eigenvalue weighted by molar-refractivity contribution is 0.174. The zero-order valence-electron chi connectivity index (χ0n) is 12.0. The van der Waals surface area contributed by atoms with E-state index in [1.807, 2.05) is 7.05 Å². The first-order chi connectivity index (χ1) is 10.1. The highest BCUT2D eigenvalue weighted by molar-refractivity contribution is 7.89. The maximum absolute atomic E-state index is 12.7. The first kappa shape index (κ1) is 14.6. The van der Waals surface area contributed by atoms with E-state index in [2.05, 4.69) is 5.32 Å². The van der Waals surface area contributed by atoms with Crippen molar-refractivity contribution in [1.82, 2.24) is 9.62 Å². The van der Waals surface area contributed by atoms with E-state index >= 15 is 0 Å². The molecule has 1 aromatic rings. The summed E-state index contributed by atoms with van der Waals surface area (Å²) in [7, 11) is -1.52. The maximum Gasteiger partial charge on any atom is 0.243 e. The third-order valence-electron chi connectivity index (χ3n) is 4.05. The molecule has 0 radical (unpaired) electrons. The highest BCUT2D eigenvalue weighted by atomic mass is 32.2. The van der Waals surface area contributed by atoms with E-state index < -0.39 is 10.0 Å². The van der Waals surface area contributed by atoms with Crippen molar-refractivity contribution in [3.63, 3.8) is 0 Å². The zero-order chi connectivity index (χ0) is 14.9. The van der Waals surface area contributed by atoms with Crippen LogP contribution in [0.5, 0.6) is 11.5 Å². The number of sulfonamides is 1. The number of fused-ring (bicyclic) bond motifs is 1. The number of piperidine rings is 1. The lowest BCUT2D eigenvalue weighted by atomic mass is 9.98. The van der Waals surface area contributed by atoms with Crippen LogP contribution in [-0.4, -0.2) is 46.2 Å². The number of hydrogen-bond donors (Lipinski definition) is 1. The summed E-state index contributed by atoms with van der Waals surface area (Å²) in [6.45, 7) is 2.23. The van der Waals surface area contributed by atoms with E-state index in [9.17, 15) is 8.42 Å². The molecular weight excluding hydrogens is 292 g/mol. The summed E-state index contributed by atoms with van der Waals surface area (Å²) in [5, 5.41) is 3.15. The fraction of sp³-hybridized carbons (Fsp3) is 0.571. The van der Waals surface area contributed by atoms with Gasteiger partial charge in [-0.05, 0) is 44.5 Å². The topological polar surface area (TPSA) is 67.9 Å². The molecule has 3 rings (SSSR count). The average molecular weight is 312 g/mol. The lowest BCUT2D eigenvalue weighted by Crippen LogP contribution is -2.40. The molecule has 1 fully saturated rings. The minimum atomic E-state index is -3.44. The Balaban J connectivity index is 1.75. The molecule has 0 spiro atoms. The van der Waals surface area contributed by atoms with Gasteiger partial charge in [-0.15, -0.1) is 0 Å². The molecule has 6 nitrogen and oxygen atoms in total. The van der Waals surface area contributed by atoms with Crippen molar-refractivity contribution in [2.45, 2.75) is 17.7 Å². The Hall–Kier alpha value is -1.31. The second-order valence-electron chi connectivity index (χ2n) is 5.42. The molecule has 0 unspecified atom stereocenters. The summed E-state index contributed by atoms with van der Waals surface area (Å²) < 4.78 is 37.4. The summed E-state index contributed by atoms with van der Waals surface area (Å²) in [6, 6.07) is 4.79. The Bertz CT molecular complexity index is 609. The van der Waals surface area contributed by atoms with Crippen LogP contribution >= 0.6 is 0 Å². The molecule has 2 heterocycles. The predicted octanol–water partition coefficient (Wildman–Crippen LogP) is 1.04. The second kappa shape index (κ2) is 5.82. The minimum absolute atomic E-state index is 0.147. The van der Waals surface area contributed by atoms with E-state index in [0.29, 0.717) is 30.5 Å². The van der Waals surface area contributed by atoms with Gasteiger partial charge in [-0.25, -0.2) is 8.42 Å². The summed E-state index contributed by atoms with van der Waals surface area (Å²) in [4.78, 5) is 0.277. The van der Waals surface area contributed by atoms with Gasteiger partial charge in [0.2, 0.25) is 16.8 Å². The third-order valence-corrected chi connectivity index (χ3v) is 5.94. The van der Waals surface area contributed by atoms with Crippen molar-refractivity contribution in [3.05, 3.63) is 18.2 Å². The molecular formula is C14H20N2O4S. The second-order valence-corrected chi connectivity index (χ2v) is 7.36. The number of rotatable bonds is 4. The van der Waals surface area contributed by atoms with Crippen LogP contribution in [0.2, 0.25) is 0 Å². The quantitative estimate of drug-likeness (QED) is 0.899. The van der Waals surface area contributed by atoms with Gasteiger partial charge in [-0.2, -0.15) is 4.31 Å². The lowest BCUT2D eigenvalue weighted by Gasteiger charge is -2.31. The molecule has 116 valence electrons. The monoisotopic (exact) mass is 312 g/mol. The Morgan fingerprint density at radius 1 is 1.24 bits per heavy atom. The first-order valence-electron chi connectivity index (χ1n) is 7.15. The van der Waals surface area contributed by atoms with Gasteiger partial charge in [-0.3, -0.25) is 0 Å². The first-order valence-corrected chi connectivity index (χ1v) is 8.59. The van der Waals surface area contributed by atoms with Gasteiger partial charge < -0.3 is 14.8 Å². The van der Waals surface area contributed by atoms with Crippen molar-refractivity contribution in [2.75, 3.05) is 33.5 Å². The van der Waals surface area contributed by atoms with Crippen molar-refractivity contribution < 1.29 is 17.9 Å². The Labute approximate surface area is 125 Å². The molecule has 0 aromatic heterocycles. The molecule has 0 bridgehead atoms. The highest BCUT2D eigenvalue weighted by Gasteiger charge is 2.30. The molecule has 0 aliphatic carbocycles. The molecule has 1 saturated heterocycles. The van der Waals surface area contributed by atoms with Crippen LogP contribution in [0.3, 0.4) is 0 Å². The van der Waals surface area contributed by atoms with Gasteiger partial charge in [0.05, 0.1) is 4.90 Å². The van der Waals surface area contributed by atoms with Gasteiger partial charge in [0, 0.05) is 19.2 Å². The molecule has 0 amide bonds. The Morgan fingerprint density at radius 2 is 1.95 bits per heavy atom. The predicted molar refractivity (Wildman–Crippen MR) is 78.0 cm³/mol. The number of hydrogen-bond acceptors (Lipinski definition) is 5. The standard InChI is InChI=1S/C14H20N2O4S/c1-15-9-11-4-6-16(7-5-11)21(17,18)12-2-3-13-14(8-12)20-10-19-13/h2-3,8,11,15H,4-7,9-10H2,1H3. The minimum Gasteiger partial charge on any atom is -0.454 e. The van der Waals surface area contributed by atoms with Crippen LogP contribution in [0.4, 0.5) is 0 Å². The average Bonchev–Trinajstić information content (AvgIpc) is 2.95. The summed E-state index contributed by atoms with van der Waals surface area (Å²) in [6.07, 6.45) is 1.79. The molecule has 2 aliphatic rings. The SMILES string of the molecule is CNCC1CCN(S(=O)(=O)c2ccc3c(c2)OCO3)CC1. The van der Waals surface area contributed by atoms with Crippen LogP contribution in [0.25, 0.3) is 0 Å². The maximum atomic E-state index is 12.7. The molecule has 21 heavy (non-hydrogen) atoms. The number of nitrogens with zero attached hydrogens (tertiary/aromatic N) is 1. The van der Waals surface area contributed by atoms with E-state index in [1.165, 1.54) is 0 Å². The van der Waals surface area contributed by atoms with Crippen molar-refractivity contribution in [1.29, 1.82) is 0 Å². The molecule has 0 atom stereocenters.